The van der Waals surface area contributed by atoms with E-state index in [0.717, 1.165) is 13.1 Å². The summed E-state index contributed by atoms with van der Waals surface area (Å²) in [7, 11) is -2.91. The number of rotatable bonds is 6. The minimum atomic E-state index is -2.91. The molecule has 1 aliphatic heterocycles. The summed E-state index contributed by atoms with van der Waals surface area (Å²) in [5.74, 6) is 0.167. The van der Waals surface area contributed by atoms with Crippen molar-refractivity contribution in [2.75, 3.05) is 25.1 Å². The van der Waals surface area contributed by atoms with Gasteiger partial charge in [-0.25, -0.2) is 8.42 Å². The Morgan fingerprint density at radius 2 is 1.78 bits per heavy atom. The smallest absolute Gasteiger partial charge is 0.147 e. The van der Waals surface area contributed by atoms with Crippen molar-refractivity contribution in [3.05, 3.63) is 0 Å². The molecule has 0 spiro atoms. The van der Waals surface area contributed by atoms with E-state index in [1.807, 2.05) is 0 Å². The highest BCUT2D eigenvalue weighted by Gasteiger charge is 2.34. The lowest BCUT2D eigenvalue weighted by atomic mass is 9.90. The lowest BCUT2D eigenvalue weighted by molar-refractivity contribution is -0.0232. The van der Waals surface area contributed by atoms with Crippen molar-refractivity contribution in [2.24, 2.45) is 0 Å². The largest absolute Gasteiger partial charge is 0.391 e. The number of likely N-dealkylation sites (tertiary alicyclic amines) is 1. The first-order valence-corrected chi connectivity index (χ1v) is 8.90. The van der Waals surface area contributed by atoms with E-state index in [-0.39, 0.29) is 11.3 Å². The summed E-state index contributed by atoms with van der Waals surface area (Å²) in [5, 5.41) is 10.3. The minimum absolute atomic E-state index is 0.167. The van der Waals surface area contributed by atoms with E-state index in [0.29, 0.717) is 12.8 Å². The molecular weight excluding hydrogens is 250 g/mol. The van der Waals surface area contributed by atoms with Gasteiger partial charge in [0.05, 0.1) is 6.10 Å². The van der Waals surface area contributed by atoms with E-state index in [2.05, 4.69) is 18.7 Å². The van der Waals surface area contributed by atoms with Crippen molar-refractivity contribution in [2.45, 2.75) is 57.6 Å². The van der Waals surface area contributed by atoms with Crippen molar-refractivity contribution < 1.29 is 13.5 Å². The number of nitrogens with zero attached hydrogens (tertiary/aromatic N) is 1. The summed E-state index contributed by atoms with van der Waals surface area (Å²) in [6.45, 7) is 6.19. The molecule has 1 heterocycles. The van der Waals surface area contributed by atoms with Crippen molar-refractivity contribution >= 4 is 9.84 Å². The van der Waals surface area contributed by atoms with Gasteiger partial charge in [-0.3, -0.25) is 4.90 Å². The molecule has 0 radical (unpaired) electrons. The third kappa shape index (κ3) is 4.86. The maximum Gasteiger partial charge on any atom is 0.147 e. The van der Waals surface area contributed by atoms with Crippen LogP contribution in [-0.2, 0) is 9.84 Å². The molecule has 0 aromatic carbocycles. The Balaban J connectivity index is 2.45. The summed E-state index contributed by atoms with van der Waals surface area (Å²) in [6, 6.07) is 0. The summed E-state index contributed by atoms with van der Waals surface area (Å²) < 4.78 is 22.1. The molecule has 5 heteroatoms. The zero-order valence-corrected chi connectivity index (χ0v) is 12.7. The van der Waals surface area contributed by atoms with Crippen LogP contribution < -0.4 is 0 Å². The Hall–Kier alpha value is -0.130. The highest BCUT2D eigenvalue weighted by molar-refractivity contribution is 7.90. The molecule has 0 bridgehead atoms. The van der Waals surface area contributed by atoms with E-state index in [1.165, 1.54) is 25.5 Å². The Kier molecular flexibility index (Phi) is 5.62. The Morgan fingerprint density at radius 3 is 2.28 bits per heavy atom. The molecule has 0 aromatic rings. The molecule has 108 valence electrons. The van der Waals surface area contributed by atoms with E-state index in [4.69, 9.17) is 0 Å². The number of sulfone groups is 1. The van der Waals surface area contributed by atoms with Crippen molar-refractivity contribution in [3.63, 3.8) is 0 Å². The average Bonchev–Trinajstić information content (AvgIpc) is 2.28. The quantitative estimate of drug-likeness (QED) is 0.798. The molecule has 1 unspecified atom stereocenters. The Morgan fingerprint density at radius 1 is 1.22 bits per heavy atom. The number of aliphatic hydroxyl groups is 1. The monoisotopic (exact) mass is 277 g/mol. The van der Waals surface area contributed by atoms with Gasteiger partial charge >= 0.3 is 0 Å². The number of piperidine rings is 1. The van der Waals surface area contributed by atoms with Gasteiger partial charge in [-0.2, -0.15) is 0 Å². The molecule has 4 nitrogen and oxygen atoms in total. The fourth-order valence-electron chi connectivity index (χ4n) is 2.57. The second-order valence-electron chi connectivity index (χ2n) is 5.99. The van der Waals surface area contributed by atoms with Crippen LogP contribution in [0.2, 0.25) is 0 Å². The summed E-state index contributed by atoms with van der Waals surface area (Å²) in [5.41, 5.74) is -0.252. The first-order chi connectivity index (χ1) is 8.23. The standard InChI is InChI=1S/C13H27NO3S/c1-13(2,14-9-5-4-6-10-14)12(15)8-7-11-18(3,16)17/h12,15H,4-11H2,1-3H3. The molecule has 1 N–H and O–H groups in total. The van der Waals surface area contributed by atoms with Gasteiger partial charge in [-0.15, -0.1) is 0 Å². The normalized spacial score (nSPS) is 20.9. The number of hydrogen-bond donors (Lipinski definition) is 1. The molecule has 0 saturated carbocycles. The van der Waals surface area contributed by atoms with Gasteiger partial charge in [-0.1, -0.05) is 6.42 Å². The maximum absolute atomic E-state index is 11.1. The highest BCUT2D eigenvalue weighted by Crippen LogP contribution is 2.26. The first-order valence-electron chi connectivity index (χ1n) is 6.84. The average molecular weight is 277 g/mol. The van der Waals surface area contributed by atoms with Gasteiger partial charge < -0.3 is 5.11 Å². The SMILES string of the molecule is CC(C)(C(O)CCCS(C)(=O)=O)N1CCCCC1. The van der Waals surface area contributed by atoms with Gasteiger partial charge in [0.2, 0.25) is 0 Å². The second-order valence-corrected chi connectivity index (χ2v) is 8.25. The number of hydrogen-bond acceptors (Lipinski definition) is 4. The van der Waals surface area contributed by atoms with Crippen molar-refractivity contribution in [3.8, 4) is 0 Å². The predicted octanol–water partition coefficient (Wildman–Crippen LogP) is 1.44. The van der Waals surface area contributed by atoms with Gasteiger partial charge in [0.25, 0.3) is 0 Å². The van der Waals surface area contributed by atoms with Crippen LogP contribution in [0, 0.1) is 0 Å². The van der Waals surface area contributed by atoms with Crippen LogP contribution in [-0.4, -0.2) is 55.2 Å². The fraction of sp³-hybridized carbons (Fsp3) is 1.00. The topological polar surface area (TPSA) is 57.6 Å². The van der Waals surface area contributed by atoms with Gasteiger partial charge in [0, 0.05) is 17.5 Å². The van der Waals surface area contributed by atoms with Crippen molar-refractivity contribution in [1.82, 2.24) is 4.90 Å². The van der Waals surface area contributed by atoms with Gasteiger partial charge in [-0.05, 0) is 52.6 Å². The third-order valence-electron chi connectivity index (χ3n) is 3.98. The van der Waals surface area contributed by atoms with E-state index in [9.17, 15) is 13.5 Å². The summed E-state index contributed by atoms with van der Waals surface area (Å²) >= 11 is 0. The van der Waals surface area contributed by atoms with E-state index >= 15 is 0 Å². The molecule has 1 fully saturated rings. The molecule has 1 saturated heterocycles. The third-order valence-corrected chi connectivity index (χ3v) is 5.01. The molecule has 1 atom stereocenters. The van der Waals surface area contributed by atoms with Crippen LogP contribution in [0.4, 0.5) is 0 Å². The highest BCUT2D eigenvalue weighted by atomic mass is 32.2. The van der Waals surface area contributed by atoms with E-state index < -0.39 is 15.9 Å². The maximum atomic E-state index is 11.1. The predicted molar refractivity (Wildman–Crippen MR) is 74.5 cm³/mol. The lowest BCUT2D eigenvalue weighted by Gasteiger charge is -2.44. The Bertz CT molecular complexity index is 345. The molecule has 0 aromatic heterocycles. The molecule has 0 amide bonds. The first kappa shape index (κ1) is 15.9. The summed E-state index contributed by atoms with van der Waals surface area (Å²) in [4.78, 5) is 2.33. The molecule has 1 aliphatic rings. The zero-order valence-electron chi connectivity index (χ0n) is 11.9. The molecular formula is C13H27NO3S. The molecule has 18 heavy (non-hydrogen) atoms. The van der Waals surface area contributed by atoms with Crippen LogP contribution in [0.15, 0.2) is 0 Å². The van der Waals surface area contributed by atoms with Crippen LogP contribution in [0.5, 0.6) is 0 Å². The molecule has 1 rings (SSSR count). The Labute approximate surface area is 111 Å². The van der Waals surface area contributed by atoms with Crippen molar-refractivity contribution in [1.29, 1.82) is 0 Å². The minimum Gasteiger partial charge on any atom is -0.391 e. The zero-order chi connectivity index (χ0) is 13.8. The van der Waals surface area contributed by atoms with Gasteiger partial charge in [0.15, 0.2) is 0 Å². The van der Waals surface area contributed by atoms with Crippen LogP contribution in [0.3, 0.4) is 0 Å². The second kappa shape index (κ2) is 6.35. The van der Waals surface area contributed by atoms with Crippen LogP contribution >= 0.6 is 0 Å². The fourth-order valence-corrected chi connectivity index (χ4v) is 3.26. The lowest BCUT2D eigenvalue weighted by Crippen LogP contribution is -2.54. The number of aliphatic hydroxyl groups excluding tert-OH is 1. The van der Waals surface area contributed by atoms with Crippen LogP contribution in [0.25, 0.3) is 0 Å². The summed E-state index contributed by atoms with van der Waals surface area (Å²) in [6.07, 6.45) is 5.54. The van der Waals surface area contributed by atoms with Crippen LogP contribution in [0.1, 0.15) is 46.0 Å². The van der Waals surface area contributed by atoms with Gasteiger partial charge in [0.1, 0.15) is 9.84 Å². The molecule has 0 aliphatic carbocycles. The van der Waals surface area contributed by atoms with E-state index in [1.54, 1.807) is 0 Å².